The Morgan fingerprint density at radius 3 is 2.33 bits per heavy atom. The molecular weight excluding hydrogens is 608 g/mol. The minimum absolute atomic E-state index is 0.0694. The van der Waals surface area contributed by atoms with Crippen LogP contribution in [0.25, 0.3) is 17.3 Å². The lowest BCUT2D eigenvalue weighted by atomic mass is 9.96. The molecule has 0 saturated heterocycles. The highest BCUT2D eigenvalue weighted by atomic mass is 32.2. The van der Waals surface area contributed by atoms with Crippen LogP contribution >= 0.6 is 7.60 Å². The van der Waals surface area contributed by atoms with Crippen LogP contribution in [0.4, 0.5) is 10.3 Å². The van der Waals surface area contributed by atoms with Gasteiger partial charge in [-0.05, 0) is 31.9 Å². The fraction of sp³-hybridized carbons (Fsp3) is 0.519. The molecule has 3 N–H and O–H groups in total. The van der Waals surface area contributed by atoms with Gasteiger partial charge in [-0.2, -0.15) is 0 Å². The molecule has 0 aliphatic carbocycles. The SMILES string of the molecule is CCOP(=O)(COc1cc(F)ccc1-c1nc(N(C)S(C)(=O)=O)nc(C(C)C)c1/C=C/[C@@H](O)C[C@@H](O)CC(=O)O)OCC. The lowest BCUT2D eigenvalue weighted by molar-refractivity contribution is -0.139. The molecule has 0 saturated carbocycles. The number of aliphatic hydroxyl groups excluding tert-OH is 2. The summed E-state index contributed by atoms with van der Waals surface area (Å²) >= 11 is 0. The van der Waals surface area contributed by atoms with E-state index >= 15 is 0 Å². The number of aliphatic hydroxyl groups is 2. The molecule has 0 unspecified atom stereocenters. The first-order chi connectivity index (χ1) is 20.0. The summed E-state index contributed by atoms with van der Waals surface area (Å²) in [6, 6.07) is 3.52. The van der Waals surface area contributed by atoms with Crippen LogP contribution < -0.4 is 9.04 Å². The largest absolute Gasteiger partial charge is 0.481 e. The van der Waals surface area contributed by atoms with Crippen LogP contribution in [0, 0.1) is 5.82 Å². The number of carboxylic acid groups (broad SMARTS) is 1. The van der Waals surface area contributed by atoms with Crippen LogP contribution in [-0.2, 0) is 28.4 Å². The van der Waals surface area contributed by atoms with Crippen LogP contribution in [-0.4, -0.2) is 84.7 Å². The Hall–Kier alpha value is -2.94. The minimum Gasteiger partial charge on any atom is -0.481 e. The molecule has 1 heterocycles. The van der Waals surface area contributed by atoms with Crippen LogP contribution in [0.1, 0.15) is 57.7 Å². The number of rotatable bonds is 17. The van der Waals surface area contributed by atoms with Crippen molar-refractivity contribution in [2.24, 2.45) is 0 Å². The van der Waals surface area contributed by atoms with Gasteiger partial charge in [-0.1, -0.05) is 26.0 Å². The summed E-state index contributed by atoms with van der Waals surface area (Å²) in [5.41, 5.74) is 0.932. The molecule has 13 nitrogen and oxygen atoms in total. The first kappa shape index (κ1) is 36.3. The maximum atomic E-state index is 14.5. The summed E-state index contributed by atoms with van der Waals surface area (Å²) in [5, 5.41) is 29.3. The maximum absolute atomic E-state index is 14.5. The molecule has 0 spiro atoms. The Morgan fingerprint density at radius 2 is 1.79 bits per heavy atom. The van der Waals surface area contributed by atoms with Crippen molar-refractivity contribution in [2.45, 2.75) is 58.7 Å². The van der Waals surface area contributed by atoms with Crippen molar-refractivity contribution in [3.63, 3.8) is 0 Å². The van der Waals surface area contributed by atoms with Crippen LogP contribution in [0.5, 0.6) is 5.75 Å². The maximum Gasteiger partial charge on any atom is 0.367 e. The normalized spacial score (nSPS) is 13.8. The number of nitrogens with zero attached hydrogens (tertiary/aromatic N) is 3. The molecule has 43 heavy (non-hydrogen) atoms. The number of sulfonamides is 1. The number of hydrogen-bond acceptors (Lipinski definition) is 11. The van der Waals surface area contributed by atoms with Gasteiger partial charge in [-0.25, -0.2) is 27.1 Å². The van der Waals surface area contributed by atoms with Gasteiger partial charge in [-0.3, -0.25) is 9.36 Å². The Morgan fingerprint density at radius 1 is 1.16 bits per heavy atom. The third kappa shape index (κ3) is 10.6. The third-order valence-corrected chi connectivity index (χ3v) is 8.83. The highest BCUT2D eigenvalue weighted by Gasteiger charge is 2.28. The zero-order valence-corrected chi connectivity index (χ0v) is 26.6. The molecule has 0 amide bonds. The van der Waals surface area contributed by atoms with Gasteiger partial charge in [0.1, 0.15) is 11.6 Å². The molecule has 16 heteroatoms. The highest BCUT2D eigenvalue weighted by molar-refractivity contribution is 7.92. The van der Waals surface area contributed by atoms with Crippen LogP contribution in [0.3, 0.4) is 0 Å². The number of aliphatic carboxylic acids is 1. The first-order valence-corrected chi connectivity index (χ1v) is 17.0. The van der Waals surface area contributed by atoms with E-state index < -0.39 is 54.4 Å². The van der Waals surface area contributed by atoms with E-state index in [0.717, 1.165) is 22.7 Å². The van der Waals surface area contributed by atoms with Gasteiger partial charge < -0.3 is 29.1 Å². The topological polar surface area (TPSA) is 186 Å². The van der Waals surface area contributed by atoms with Gasteiger partial charge in [0, 0.05) is 30.7 Å². The zero-order chi connectivity index (χ0) is 32.5. The summed E-state index contributed by atoms with van der Waals surface area (Å²) in [7, 11) is -6.26. The first-order valence-electron chi connectivity index (χ1n) is 13.4. The van der Waals surface area contributed by atoms with Crippen molar-refractivity contribution in [3.8, 4) is 17.0 Å². The number of ether oxygens (including phenoxy) is 1. The standard InChI is InChI=1S/C27H39FN3O10PS/c1-7-40-42(36,41-8-2)16-39-23-13-18(28)9-11-21(23)26-22(12-10-19(32)14-20(33)15-24(34)35)25(17(3)4)29-27(30-26)31(5)43(6,37)38/h9-13,17,19-20,32-33H,7-8,14-16H2,1-6H3,(H,34,35)/b12-10+/t19-,20-/m1/s1. The minimum atomic E-state index is -3.81. The second kappa shape index (κ2) is 15.7. The number of aromatic nitrogens is 2. The Bertz CT molecular complexity index is 1440. The van der Waals surface area contributed by atoms with Gasteiger partial charge in [0.15, 0.2) is 6.35 Å². The van der Waals surface area contributed by atoms with E-state index in [1.54, 1.807) is 27.7 Å². The summed E-state index contributed by atoms with van der Waals surface area (Å²) in [6.45, 7) is 6.98. The van der Waals surface area contributed by atoms with E-state index in [0.29, 0.717) is 11.3 Å². The van der Waals surface area contributed by atoms with E-state index in [1.807, 2.05) is 0 Å². The van der Waals surface area contributed by atoms with Crippen LogP contribution in [0.15, 0.2) is 24.3 Å². The average Bonchev–Trinajstić information content (AvgIpc) is 2.89. The molecule has 0 aliphatic rings. The van der Waals surface area contributed by atoms with E-state index in [1.165, 1.54) is 25.3 Å². The predicted molar refractivity (Wildman–Crippen MR) is 159 cm³/mol. The van der Waals surface area contributed by atoms with Crippen molar-refractivity contribution in [1.29, 1.82) is 0 Å². The van der Waals surface area contributed by atoms with Crippen molar-refractivity contribution < 1.29 is 51.3 Å². The Labute approximate surface area is 250 Å². The lowest BCUT2D eigenvalue weighted by Gasteiger charge is -2.22. The van der Waals surface area contributed by atoms with Crippen LogP contribution in [0.2, 0.25) is 0 Å². The Balaban J connectivity index is 2.78. The fourth-order valence-corrected chi connectivity index (χ4v) is 5.57. The zero-order valence-electron chi connectivity index (χ0n) is 24.9. The van der Waals surface area contributed by atoms with Gasteiger partial charge in [-0.15, -0.1) is 0 Å². The summed E-state index contributed by atoms with van der Waals surface area (Å²) < 4.78 is 69.5. The van der Waals surface area contributed by atoms with E-state index in [2.05, 4.69) is 9.97 Å². The number of carboxylic acids is 1. The summed E-state index contributed by atoms with van der Waals surface area (Å²) in [5.74, 6) is -2.53. The number of benzene rings is 1. The van der Waals surface area contributed by atoms with Crippen molar-refractivity contribution in [3.05, 3.63) is 41.3 Å². The molecule has 0 aliphatic heterocycles. The van der Waals surface area contributed by atoms with Crippen molar-refractivity contribution in [2.75, 3.05) is 37.2 Å². The third-order valence-electron chi connectivity index (χ3n) is 5.93. The van der Waals surface area contributed by atoms with Crippen molar-refractivity contribution >= 4 is 35.6 Å². The number of carbonyl (C=O) groups is 1. The lowest BCUT2D eigenvalue weighted by Crippen LogP contribution is -2.27. The molecular formula is C27H39FN3O10PS. The number of halogens is 1. The molecule has 240 valence electrons. The molecule has 2 atom stereocenters. The van der Waals surface area contributed by atoms with E-state index in [-0.39, 0.29) is 48.5 Å². The second-order valence-electron chi connectivity index (χ2n) is 9.83. The monoisotopic (exact) mass is 647 g/mol. The van der Waals surface area contributed by atoms with Gasteiger partial charge in [0.25, 0.3) is 0 Å². The van der Waals surface area contributed by atoms with Gasteiger partial charge >= 0.3 is 13.6 Å². The smallest absolute Gasteiger partial charge is 0.367 e. The number of anilines is 1. The predicted octanol–water partition coefficient (Wildman–Crippen LogP) is 4.00. The van der Waals surface area contributed by atoms with E-state index in [9.17, 15) is 32.4 Å². The molecule has 1 aromatic heterocycles. The quantitative estimate of drug-likeness (QED) is 0.210. The highest BCUT2D eigenvalue weighted by Crippen LogP contribution is 2.48. The molecule has 2 aromatic rings. The fourth-order valence-electron chi connectivity index (χ4n) is 3.89. The molecule has 0 radical (unpaired) electrons. The summed E-state index contributed by atoms with van der Waals surface area (Å²) in [6.07, 6.45) is -0.253. The van der Waals surface area contributed by atoms with Gasteiger partial charge in [0.2, 0.25) is 16.0 Å². The second-order valence-corrected chi connectivity index (χ2v) is 13.8. The molecule has 0 bridgehead atoms. The van der Waals surface area contributed by atoms with Gasteiger partial charge in [0.05, 0.1) is 49.5 Å². The molecule has 1 aromatic carbocycles. The molecule has 0 fully saturated rings. The summed E-state index contributed by atoms with van der Waals surface area (Å²) in [4.78, 5) is 19.8. The molecule has 2 rings (SSSR count). The Kier molecular flexibility index (Phi) is 13.2. The van der Waals surface area contributed by atoms with Crippen molar-refractivity contribution in [1.82, 2.24) is 9.97 Å². The number of hydrogen-bond donors (Lipinski definition) is 3. The average molecular weight is 648 g/mol. The van der Waals surface area contributed by atoms with E-state index in [4.69, 9.17) is 18.9 Å².